The van der Waals surface area contributed by atoms with Gasteiger partial charge in [0.15, 0.2) is 6.10 Å². The van der Waals surface area contributed by atoms with Gasteiger partial charge in [0.1, 0.15) is 5.82 Å². The van der Waals surface area contributed by atoms with E-state index >= 15 is 0 Å². The van der Waals surface area contributed by atoms with Crippen molar-refractivity contribution in [3.8, 4) is 0 Å². The van der Waals surface area contributed by atoms with Crippen molar-refractivity contribution in [3.05, 3.63) is 53.7 Å². The van der Waals surface area contributed by atoms with Crippen LogP contribution < -0.4 is 5.32 Å². The number of nitrogens with zero attached hydrogens (tertiary/aromatic N) is 1. The quantitative estimate of drug-likeness (QED) is 0.368. The lowest BCUT2D eigenvalue weighted by Crippen LogP contribution is -2.35. The number of thioether (sulfide) groups is 1. The fraction of sp³-hybridized carbons (Fsp3) is 0.536. The minimum Gasteiger partial charge on any atom is -0.478 e. The van der Waals surface area contributed by atoms with E-state index in [4.69, 9.17) is 9.84 Å². The molecule has 0 bridgehead atoms. The van der Waals surface area contributed by atoms with Crippen molar-refractivity contribution < 1.29 is 19.4 Å². The molecule has 2 saturated carbocycles. The lowest BCUT2D eigenvalue weighted by atomic mass is 9.65. The summed E-state index contributed by atoms with van der Waals surface area (Å²) in [6, 6.07) is 11.0. The maximum Gasteiger partial charge on any atom is 0.337 e. The summed E-state index contributed by atoms with van der Waals surface area (Å²) in [4.78, 5) is 29.7. The molecule has 4 rings (SSSR count). The number of ether oxygens (including phenoxy) is 1. The Morgan fingerprint density at radius 1 is 1.09 bits per heavy atom. The lowest BCUT2D eigenvalue weighted by Gasteiger charge is -2.43. The highest BCUT2D eigenvalue weighted by Crippen LogP contribution is 2.48. The molecular formula is C28H36N2O4S. The maximum absolute atomic E-state index is 13.4. The van der Waals surface area contributed by atoms with E-state index in [1.807, 2.05) is 12.1 Å². The number of aromatic nitrogens is 1. The Morgan fingerprint density at radius 3 is 2.40 bits per heavy atom. The molecular weight excluding hydrogens is 460 g/mol. The highest BCUT2D eigenvalue weighted by atomic mass is 32.2. The van der Waals surface area contributed by atoms with Gasteiger partial charge >= 0.3 is 5.97 Å². The van der Waals surface area contributed by atoms with Gasteiger partial charge in [-0.25, -0.2) is 9.78 Å². The molecule has 7 heteroatoms. The van der Waals surface area contributed by atoms with Crippen molar-refractivity contribution in [1.82, 2.24) is 4.98 Å². The molecule has 0 saturated heterocycles. The normalized spacial score (nSPS) is 18.8. The third kappa shape index (κ3) is 6.85. The molecule has 0 radical (unpaired) electrons. The topological polar surface area (TPSA) is 88.5 Å². The third-order valence-electron chi connectivity index (χ3n) is 7.39. The Kier molecular flexibility index (Phi) is 8.84. The Morgan fingerprint density at radius 2 is 1.80 bits per heavy atom. The van der Waals surface area contributed by atoms with E-state index in [2.05, 4.69) is 29.4 Å². The molecule has 1 heterocycles. The van der Waals surface area contributed by atoms with Gasteiger partial charge in [-0.1, -0.05) is 38.3 Å². The lowest BCUT2D eigenvalue weighted by molar-refractivity contribution is -0.135. The van der Waals surface area contributed by atoms with Crippen molar-refractivity contribution in [2.45, 2.75) is 88.2 Å². The highest BCUT2D eigenvalue weighted by molar-refractivity contribution is 7.99. The first-order chi connectivity index (χ1) is 17.0. The standard InChI is InChI=1S/C28H36N2O4S/c1-2-18-35-23-9-6-20(7-10-23)25(26(31)30-24-11-8-21(19-29-24)27(32)33)34-22-12-16-28(17-13-22)14-4-3-5-15-28/h6-11,19,22,25H,2-5,12-18H2,1H3,(H,32,33)(H,29,30,31). The first-order valence-corrected chi connectivity index (χ1v) is 13.8. The molecule has 6 nitrogen and oxygen atoms in total. The number of pyridine rings is 1. The molecule has 1 aromatic carbocycles. The van der Waals surface area contributed by atoms with Gasteiger partial charge in [-0.2, -0.15) is 0 Å². The summed E-state index contributed by atoms with van der Waals surface area (Å²) in [5.41, 5.74) is 1.39. The van der Waals surface area contributed by atoms with Crippen LogP contribution in [0.5, 0.6) is 0 Å². The van der Waals surface area contributed by atoms with E-state index in [0.29, 0.717) is 11.2 Å². The Balaban J connectivity index is 1.46. The molecule has 1 spiro atoms. The van der Waals surface area contributed by atoms with Gasteiger partial charge in [0.25, 0.3) is 5.91 Å². The molecule has 2 aromatic rings. The number of carbonyl (C=O) groups excluding carboxylic acids is 1. The second-order valence-electron chi connectivity index (χ2n) is 9.92. The summed E-state index contributed by atoms with van der Waals surface area (Å²) in [5.74, 6) is 0.0355. The predicted molar refractivity (Wildman–Crippen MR) is 139 cm³/mol. The number of anilines is 1. The van der Waals surface area contributed by atoms with Crippen LogP contribution in [-0.2, 0) is 9.53 Å². The highest BCUT2D eigenvalue weighted by Gasteiger charge is 2.38. The van der Waals surface area contributed by atoms with Crippen LogP contribution in [0, 0.1) is 5.41 Å². The monoisotopic (exact) mass is 496 g/mol. The van der Waals surface area contributed by atoms with Crippen molar-refractivity contribution in [3.63, 3.8) is 0 Å². The number of rotatable bonds is 9. The molecule has 1 unspecified atom stereocenters. The molecule has 35 heavy (non-hydrogen) atoms. The van der Waals surface area contributed by atoms with Gasteiger partial charge in [-0.05, 0) is 85.9 Å². The van der Waals surface area contributed by atoms with Crippen LogP contribution in [0.1, 0.15) is 93.2 Å². The first kappa shape index (κ1) is 25.7. The molecule has 1 amide bonds. The zero-order chi connectivity index (χ0) is 24.7. The van der Waals surface area contributed by atoms with E-state index in [-0.39, 0.29) is 17.6 Å². The molecule has 2 fully saturated rings. The molecule has 1 aromatic heterocycles. The van der Waals surface area contributed by atoms with E-state index in [1.165, 1.54) is 68.2 Å². The van der Waals surface area contributed by atoms with Crippen molar-refractivity contribution >= 4 is 29.5 Å². The number of aromatic carboxylic acids is 1. The smallest absolute Gasteiger partial charge is 0.337 e. The molecule has 188 valence electrons. The Labute approximate surface area is 212 Å². The third-order valence-corrected chi connectivity index (χ3v) is 8.61. The number of benzene rings is 1. The van der Waals surface area contributed by atoms with Crippen LogP contribution in [0.15, 0.2) is 47.5 Å². The van der Waals surface area contributed by atoms with Crippen LogP contribution in [0.4, 0.5) is 5.82 Å². The van der Waals surface area contributed by atoms with Crippen LogP contribution in [-0.4, -0.2) is 33.8 Å². The van der Waals surface area contributed by atoms with Crippen LogP contribution in [0.25, 0.3) is 0 Å². The maximum atomic E-state index is 13.4. The Bertz CT molecular complexity index is 977. The van der Waals surface area contributed by atoms with E-state index < -0.39 is 12.1 Å². The van der Waals surface area contributed by atoms with E-state index in [0.717, 1.165) is 30.6 Å². The average molecular weight is 497 g/mol. The zero-order valence-corrected chi connectivity index (χ0v) is 21.3. The minimum atomic E-state index is -1.05. The molecule has 2 aliphatic carbocycles. The summed E-state index contributed by atoms with van der Waals surface area (Å²) in [6.07, 6.45) is 12.7. The van der Waals surface area contributed by atoms with Crippen LogP contribution in [0.3, 0.4) is 0 Å². The van der Waals surface area contributed by atoms with Gasteiger partial charge in [0, 0.05) is 11.1 Å². The van der Waals surface area contributed by atoms with Gasteiger partial charge in [-0.3, -0.25) is 4.79 Å². The fourth-order valence-corrected chi connectivity index (χ4v) is 6.14. The van der Waals surface area contributed by atoms with E-state index in [9.17, 15) is 9.59 Å². The summed E-state index contributed by atoms with van der Waals surface area (Å²) in [6.45, 7) is 2.16. The summed E-state index contributed by atoms with van der Waals surface area (Å²) in [7, 11) is 0. The van der Waals surface area contributed by atoms with Gasteiger partial charge < -0.3 is 15.2 Å². The van der Waals surface area contributed by atoms with Crippen molar-refractivity contribution in [1.29, 1.82) is 0 Å². The fourth-order valence-electron chi connectivity index (χ4n) is 5.37. The SMILES string of the molecule is CCCSc1ccc(C(OC2CCC3(CCCCC3)CC2)C(=O)Nc2ccc(C(=O)O)cn2)cc1. The van der Waals surface area contributed by atoms with Gasteiger partial charge in [-0.15, -0.1) is 11.8 Å². The number of carboxylic acids is 1. The van der Waals surface area contributed by atoms with Crippen LogP contribution in [0.2, 0.25) is 0 Å². The summed E-state index contributed by atoms with van der Waals surface area (Å²) in [5, 5.41) is 11.9. The number of amides is 1. The predicted octanol–water partition coefficient (Wildman–Crippen LogP) is 6.87. The number of hydrogen-bond donors (Lipinski definition) is 2. The second-order valence-corrected chi connectivity index (χ2v) is 11.1. The largest absolute Gasteiger partial charge is 0.478 e. The van der Waals surface area contributed by atoms with E-state index in [1.54, 1.807) is 11.8 Å². The van der Waals surface area contributed by atoms with Gasteiger partial charge in [0.2, 0.25) is 0 Å². The molecule has 1 atom stereocenters. The van der Waals surface area contributed by atoms with Crippen molar-refractivity contribution in [2.75, 3.05) is 11.1 Å². The number of hydrogen-bond acceptors (Lipinski definition) is 5. The van der Waals surface area contributed by atoms with Gasteiger partial charge in [0.05, 0.1) is 11.7 Å². The average Bonchev–Trinajstić information content (AvgIpc) is 2.88. The number of carbonyl (C=O) groups is 2. The van der Waals surface area contributed by atoms with Crippen molar-refractivity contribution in [2.24, 2.45) is 5.41 Å². The minimum absolute atomic E-state index is 0.0507. The number of carboxylic acid groups (broad SMARTS) is 1. The zero-order valence-electron chi connectivity index (χ0n) is 20.5. The molecule has 2 aliphatic rings. The second kappa shape index (κ2) is 12.0. The van der Waals surface area contributed by atoms with Crippen LogP contribution >= 0.6 is 11.8 Å². The Hall–Kier alpha value is -2.38. The molecule has 2 N–H and O–H groups in total. The molecule has 0 aliphatic heterocycles. The summed E-state index contributed by atoms with van der Waals surface area (Å²) >= 11 is 1.80. The first-order valence-electron chi connectivity index (χ1n) is 12.9. The summed E-state index contributed by atoms with van der Waals surface area (Å²) < 4.78 is 6.49. The number of nitrogens with one attached hydrogen (secondary N) is 1.